The first-order valence-electron chi connectivity index (χ1n) is 4.29. The monoisotopic (exact) mass is 429 g/mol. The van der Waals surface area contributed by atoms with Crippen LogP contribution in [0.4, 0.5) is 0 Å². The second-order valence-electron chi connectivity index (χ2n) is 3.07. The van der Waals surface area contributed by atoms with E-state index < -0.39 is 11.9 Å². The Morgan fingerprint density at radius 2 is 1.12 bits per heavy atom. The molecular formula is C8H14N2O6Pt-6. The minimum Gasteiger partial charge on any atom is -0.870 e. The fourth-order valence-corrected chi connectivity index (χ4v) is 1.13. The van der Waals surface area contributed by atoms with Gasteiger partial charge in [0.1, 0.15) is 0 Å². The average Bonchev–Trinajstić information content (AvgIpc) is 2.11. The molecule has 0 heterocycles. The van der Waals surface area contributed by atoms with Gasteiger partial charge in [-0.3, -0.25) is 0 Å². The number of carboxylic acids is 2. The van der Waals surface area contributed by atoms with Crippen LogP contribution in [0.15, 0.2) is 0 Å². The van der Waals surface area contributed by atoms with Crippen molar-refractivity contribution in [3.05, 3.63) is 11.5 Å². The van der Waals surface area contributed by atoms with Crippen molar-refractivity contribution in [1.82, 2.24) is 0 Å². The van der Waals surface area contributed by atoms with Gasteiger partial charge in [-0.2, -0.15) is 12.1 Å². The zero-order chi connectivity index (χ0) is 11.1. The number of nitrogens with one attached hydrogen (secondary N) is 2. The van der Waals surface area contributed by atoms with Crippen molar-refractivity contribution in [3.8, 4) is 0 Å². The van der Waals surface area contributed by atoms with Gasteiger partial charge >= 0.3 is 0 Å². The maximum absolute atomic E-state index is 8.93. The van der Waals surface area contributed by atoms with E-state index in [1.807, 2.05) is 0 Å². The summed E-state index contributed by atoms with van der Waals surface area (Å²) in [7, 11) is 0. The summed E-state index contributed by atoms with van der Waals surface area (Å²) in [6.45, 7) is 0. The minimum absolute atomic E-state index is 0. The Labute approximate surface area is 113 Å². The van der Waals surface area contributed by atoms with Crippen molar-refractivity contribution in [3.63, 3.8) is 0 Å². The average molecular weight is 429 g/mol. The molecule has 0 spiro atoms. The zero-order valence-corrected chi connectivity index (χ0v) is 11.1. The second-order valence-corrected chi connectivity index (χ2v) is 3.07. The Balaban J connectivity index is -0.0000000873. The smallest absolute Gasteiger partial charge is 0.0870 e. The summed E-state index contributed by atoms with van der Waals surface area (Å²) in [6, 6.07) is -0.160. The van der Waals surface area contributed by atoms with Crippen molar-refractivity contribution in [2.75, 3.05) is 0 Å². The molecule has 0 aromatic heterocycles. The van der Waals surface area contributed by atoms with Gasteiger partial charge in [0.05, 0.1) is 11.9 Å². The molecule has 4 N–H and O–H groups in total. The Hall–Kier alpha value is -0.532. The van der Waals surface area contributed by atoms with E-state index in [9.17, 15) is 0 Å². The summed E-state index contributed by atoms with van der Waals surface area (Å²) < 4.78 is 0. The Morgan fingerprint density at radius 1 is 0.882 bits per heavy atom. The molecule has 0 aromatic carbocycles. The molecule has 0 aromatic rings. The van der Waals surface area contributed by atoms with Crippen LogP contribution >= 0.6 is 0 Å². The van der Waals surface area contributed by atoms with Gasteiger partial charge in [-0.05, 0) is 0 Å². The van der Waals surface area contributed by atoms with Gasteiger partial charge < -0.3 is 42.2 Å². The van der Waals surface area contributed by atoms with Gasteiger partial charge in [0.2, 0.25) is 0 Å². The maximum atomic E-state index is 8.93. The normalized spacial score (nSPS) is 21.3. The molecule has 2 atom stereocenters. The summed E-state index contributed by atoms with van der Waals surface area (Å²) in [5.41, 5.74) is 14.6. The summed E-state index contributed by atoms with van der Waals surface area (Å²) in [5, 5.41) is 17.9. The third kappa shape index (κ3) is 13.4. The van der Waals surface area contributed by atoms with Gasteiger partial charge in [-0.1, -0.05) is 25.7 Å². The molecule has 1 rings (SSSR count). The molecule has 0 aliphatic heterocycles. The van der Waals surface area contributed by atoms with Gasteiger partial charge in [0.15, 0.2) is 0 Å². The van der Waals surface area contributed by atoms with Crippen LogP contribution in [0.2, 0.25) is 0 Å². The van der Waals surface area contributed by atoms with Crippen molar-refractivity contribution < 1.29 is 51.8 Å². The summed E-state index contributed by atoms with van der Waals surface area (Å²) in [4.78, 5) is 17.9. The number of rotatable bonds is 0. The summed E-state index contributed by atoms with van der Waals surface area (Å²) in [5.74, 6) is -4.37. The van der Waals surface area contributed by atoms with E-state index in [1.54, 1.807) is 0 Å². The summed E-state index contributed by atoms with van der Waals surface area (Å²) >= 11 is 0. The fraction of sp³-hybridized carbons (Fsp3) is 0.750. The zero-order valence-electron chi connectivity index (χ0n) is 8.83. The Morgan fingerprint density at radius 3 is 1.24 bits per heavy atom. The van der Waals surface area contributed by atoms with E-state index in [-0.39, 0.29) is 44.1 Å². The molecule has 8 nitrogen and oxygen atoms in total. The van der Waals surface area contributed by atoms with E-state index in [1.165, 1.54) is 12.8 Å². The molecule has 2 unspecified atom stereocenters. The van der Waals surface area contributed by atoms with Crippen LogP contribution in [0.25, 0.3) is 11.5 Å². The molecule has 108 valence electrons. The Kier molecular flexibility index (Phi) is 20.2. The van der Waals surface area contributed by atoms with Crippen molar-refractivity contribution in [1.29, 1.82) is 0 Å². The van der Waals surface area contributed by atoms with Crippen LogP contribution < -0.4 is 10.2 Å². The molecule has 0 radical (unpaired) electrons. The first kappa shape index (κ1) is 25.3. The third-order valence-electron chi connectivity index (χ3n) is 1.93. The van der Waals surface area contributed by atoms with Gasteiger partial charge in [0.25, 0.3) is 0 Å². The SMILES string of the molecule is O=C([O-])C(=O)[O-].[NH-]C1CCCCC1[NH-].[OH-].[OH-].[Pt]. The fourth-order valence-electron chi connectivity index (χ4n) is 1.13. The van der Waals surface area contributed by atoms with Gasteiger partial charge in [-0.15, -0.1) is 0 Å². The van der Waals surface area contributed by atoms with Gasteiger partial charge in [0, 0.05) is 21.1 Å². The van der Waals surface area contributed by atoms with Crippen LogP contribution in [0.5, 0.6) is 0 Å². The molecule has 1 aliphatic rings. The molecule has 0 saturated heterocycles. The van der Waals surface area contributed by atoms with E-state index in [4.69, 9.17) is 31.3 Å². The van der Waals surface area contributed by atoms with Crippen molar-refractivity contribution in [2.45, 2.75) is 37.8 Å². The maximum Gasteiger partial charge on any atom is 0.0870 e. The molecule has 1 saturated carbocycles. The second kappa shape index (κ2) is 13.5. The number of carbonyl (C=O) groups excluding carboxylic acids is 2. The predicted octanol–water partition coefficient (Wildman–Crippen LogP) is -1.47. The molecular weight excluding hydrogens is 415 g/mol. The predicted molar refractivity (Wildman–Crippen MR) is 48.6 cm³/mol. The summed E-state index contributed by atoms with van der Waals surface area (Å²) in [6.07, 6.45) is 4.25. The topological polar surface area (TPSA) is 188 Å². The largest absolute Gasteiger partial charge is 0.870 e. The first-order chi connectivity index (χ1) is 6.45. The molecule has 1 aliphatic carbocycles. The van der Waals surface area contributed by atoms with Crippen LogP contribution in [-0.2, 0) is 30.7 Å². The van der Waals surface area contributed by atoms with E-state index in [0.717, 1.165) is 12.8 Å². The Bertz CT molecular complexity index is 194. The quantitative estimate of drug-likeness (QED) is 0.423. The van der Waals surface area contributed by atoms with Gasteiger partial charge in [-0.25, -0.2) is 0 Å². The van der Waals surface area contributed by atoms with E-state index in [0.29, 0.717) is 0 Å². The molecule has 17 heavy (non-hydrogen) atoms. The van der Waals surface area contributed by atoms with Crippen LogP contribution in [0, 0.1) is 0 Å². The number of hydrogen-bond acceptors (Lipinski definition) is 6. The molecule has 0 bridgehead atoms. The van der Waals surface area contributed by atoms with E-state index >= 15 is 0 Å². The molecule has 1 fully saturated rings. The molecule has 0 amide bonds. The number of carboxylic acid groups (broad SMARTS) is 2. The van der Waals surface area contributed by atoms with Crippen LogP contribution in [0.3, 0.4) is 0 Å². The van der Waals surface area contributed by atoms with Crippen molar-refractivity contribution >= 4 is 11.9 Å². The first-order valence-corrected chi connectivity index (χ1v) is 4.29. The third-order valence-corrected chi connectivity index (χ3v) is 1.93. The number of aliphatic carboxylic acids is 2. The number of carbonyl (C=O) groups is 2. The van der Waals surface area contributed by atoms with Crippen LogP contribution in [-0.4, -0.2) is 35.0 Å². The van der Waals surface area contributed by atoms with Crippen LogP contribution in [0.1, 0.15) is 25.7 Å². The standard InChI is InChI=1S/C6H12N2.C2H2O4.2H2O.Pt/c7-5-3-1-2-4-6(5)8;3-1(4)2(5)6;;;/h5-8H,1-4H2;(H,3,4)(H,5,6);2*1H2;/q-2;;;;/p-4. The minimum atomic E-state index is -2.19. The molecule has 9 heteroatoms. The number of hydrogen-bond donors (Lipinski definition) is 0. The van der Waals surface area contributed by atoms with Crippen molar-refractivity contribution in [2.24, 2.45) is 0 Å². The van der Waals surface area contributed by atoms with E-state index in [2.05, 4.69) is 0 Å².